The Morgan fingerprint density at radius 3 is 2.78 bits per heavy atom. The molecule has 5 nitrogen and oxygen atoms in total. The highest BCUT2D eigenvalue weighted by atomic mass is 32.2. The predicted octanol–water partition coefficient (Wildman–Crippen LogP) is 1.20. The number of carbonyl (C=O) groups is 1. The van der Waals surface area contributed by atoms with E-state index in [0.29, 0.717) is 17.8 Å². The number of thiophene rings is 1. The van der Waals surface area contributed by atoms with E-state index in [1.54, 1.807) is 12.1 Å². The molecule has 102 valence electrons. The second-order valence-corrected chi connectivity index (χ2v) is 6.67. The number of carbonyl (C=O) groups excluding carboxylic acids is 1. The molecule has 0 aliphatic carbocycles. The highest BCUT2D eigenvalue weighted by molar-refractivity contribution is 7.89. The molecule has 0 spiro atoms. The zero-order valence-corrected chi connectivity index (χ0v) is 11.9. The van der Waals surface area contributed by atoms with Crippen LogP contribution in [0.25, 0.3) is 0 Å². The Hall–Kier alpha value is -0.920. The number of hydrogen-bond donors (Lipinski definition) is 2. The number of rotatable bonds is 8. The molecule has 2 N–H and O–H groups in total. The first-order valence-electron chi connectivity index (χ1n) is 5.84. The standard InChI is InChI=1S/C11H18N2O3S2/c1-2-3-9-18(15,16)13-7-6-12-11(14)10-5-4-8-17-10/h4-5,8,13H,2-3,6-7,9H2,1H3,(H,12,14). The summed E-state index contributed by atoms with van der Waals surface area (Å²) in [5.41, 5.74) is 0. The molecule has 0 saturated carbocycles. The molecule has 1 heterocycles. The van der Waals surface area contributed by atoms with Crippen LogP contribution in [0.3, 0.4) is 0 Å². The minimum atomic E-state index is -3.19. The van der Waals surface area contributed by atoms with Gasteiger partial charge >= 0.3 is 0 Å². The van der Waals surface area contributed by atoms with Crippen LogP contribution in [0.2, 0.25) is 0 Å². The largest absolute Gasteiger partial charge is 0.350 e. The predicted molar refractivity (Wildman–Crippen MR) is 73.3 cm³/mol. The second-order valence-electron chi connectivity index (χ2n) is 3.80. The molecule has 0 unspecified atom stereocenters. The molecule has 1 aromatic heterocycles. The van der Waals surface area contributed by atoms with Gasteiger partial charge in [0.15, 0.2) is 0 Å². The van der Waals surface area contributed by atoms with Crippen LogP contribution in [0.15, 0.2) is 17.5 Å². The molecular formula is C11H18N2O3S2. The molecule has 18 heavy (non-hydrogen) atoms. The van der Waals surface area contributed by atoms with Gasteiger partial charge in [-0.15, -0.1) is 11.3 Å². The lowest BCUT2D eigenvalue weighted by molar-refractivity contribution is 0.0958. The van der Waals surface area contributed by atoms with Crippen LogP contribution in [0.1, 0.15) is 29.4 Å². The second kappa shape index (κ2) is 7.50. The Labute approximate surface area is 112 Å². The van der Waals surface area contributed by atoms with Gasteiger partial charge in [0.25, 0.3) is 5.91 Å². The zero-order valence-electron chi connectivity index (χ0n) is 10.3. The number of amides is 1. The van der Waals surface area contributed by atoms with Gasteiger partial charge in [-0.2, -0.15) is 0 Å². The van der Waals surface area contributed by atoms with Gasteiger partial charge in [-0.05, 0) is 17.9 Å². The lowest BCUT2D eigenvalue weighted by Crippen LogP contribution is -2.35. The van der Waals surface area contributed by atoms with Crippen molar-refractivity contribution >= 4 is 27.3 Å². The van der Waals surface area contributed by atoms with Crippen molar-refractivity contribution in [3.63, 3.8) is 0 Å². The minimum absolute atomic E-state index is 0.141. The molecule has 1 amide bonds. The fourth-order valence-corrected chi connectivity index (χ4v) is 3.15. The van der Waals surface area contributed by atoms with E-state index in [4.69, 9.17) is 0 Å². The third-order valence-corrected chi connectivity index (χ3v) is 4.58. The molecule has 0 radical (unpaired) electrons. The summed E-state index contributed by atoms with van der Waals surface area (Å²) in [6.45, 7) is 2.46. The van der Waals surface area contributed by atoms with Crippen molar-refractivity contribution in [2.75, 3.05) is 18.8 Å². The highest BCUT2D eigenvalue weighted by Crippen LogP contribution is 2.07. The summed E-state index contributed by atoms with van der Waals surface area (Å²) < 4.78 is 25.3. The first-order valence-corrected chi connectivity index (χ1v) is 8.37. The molecule has 0 fully saturated rings. The van der Waals surface area contributed by atoms with E-state index in [1.807, 2.05) is 12.3 Å². The smallest absolute Gasteiger partial charge is 0.261 e. The van der Waals surface area contributed by atoms with Crippen LogP contribution < -0.4 is 10.0 Å². The minimum Gasteiger partial charge on any atom is -0.350 e. The average Bonchev–Trinajstić information content (AvgIpc) is 2.86. The van der Waals surface area contributed by atoms with Crippen molar-refractivity contribution in [3.05, 3.63) is 22.4 Å². The first kappa shape index (κ1) is 15.1. The summed E-state index contributed by atoms with van der Waals surface area (Å²) in [5, 5.41) is 4.48. The zero-order chi connectivity index (χ0) is 13.4. The van der Waals surface area contributed by atoms with E-state index in [-0.39, 0.29) is 18.2 Å². The van der Waals surface area contributed by atoms with E-state index in [0.717, 1.165) is 6.42 Å². The third kappa shape index (κ3) is 5.61. The van der Waals surface area contributed by atoms with E-state index in [9.17, 15) is 13.2 Å². The monoisotopic (exact) mass is 290 g/mol. The maximum Gasteiger partial charge on any atom is 0.261 e. The van der Waals surface area contributed by atoms with Crippen LogP contribution >= 0.6 is 11.3 Å². The molecule has 1 aromatic rings. The van der Waals surface area contributed by atoms with Gasteiger partial charge in [-0.3, -0.25) is 4.79 Å². The lowest BCUT2D eigenvalue weighted by Gasteiger charge is -2.06. The van der Waals surface area contributed by atoms with Crippen molar-refractivity contribution in [1.82, 2.24) is 10.0 Å². The van der Waals surface area contributed by atoms with Gasteiger partial charge in [0, 0.05) is 13.1 Å². The Morgan fingerprint density at radius 1 is 1.39 bits per heavy atom. The third-order valence-electron chi connectivity index (χ3n) is 2.24. The number of hydrogen-bond acceptors (Lipinski definition) is 4. The van der Waals surface area contributed by atoms with E-state index in [1.165, 1.54) is 11.3 Å². The summed E-state index contributed by atoms with van der Waals surface area (Å²) in [6, 6.07) is 3.53. The normalized spacial score (nSPS) is 11.4. The molecule has 0 aromatic carbocycles. The Morgan fingerprint density at radius 2 is 2.17 bits per heavy atom. The summed E-state index contributed by atoms with van der Waals surface area (Å²) in [4.78, 5) is 12.2. The van der Waals surface area contributed by atoms with Crippen molar-refractivity contribution in [2.24, 2.45) is 0 Å². The van der Waals surface area contributed by atoms with Crippen molar-refractivity contribution in [1.29, 1.82) is 0 Å². The van der Waals surface area contributed by atoms with Gasteiger partial charge in [0.2, 0.25) is 10.0 Å². The molecule has 0 bridgehead atoms. The Kier molecular flexibility index (Phi) is 6.31. The average molecular weight is 290 g/mol. The number of sulfonamides is 1. The van der Waals surface area contributed by atoms with Gasteiger partial charge in [-0.25, -0.2) is 13.1 Å². The summed E-state index contributed by atoms with van der Waals surface area (Å²) in [6.07, 6.45) is 1.49. The summed E-state index contributed by atoms with van der Waals surface area (Å²) >= 11 is 1.36. The van der Waals surface area contributed by atoms with E-state index in [2.05, 4.69) is 10.0 Å². The Balaban J connectivity index is 2.21. The first-order chi connectivity index (χ1) is 8.55. The number of nitrogens with one attached hydrogen (secondary N) is 2. The molecule has 1 rings (SSSR count). The molecular weight excluding hydrogens is 272 g/mol. The van der Waals surface area contributed by atoms with Crippen molar-refractivity contribution in [2.45, 2.75) is 19.8 Å². The topological polar surface area (TPSA) is 75.3 Å². The lowest BCUT2D eigenvalue weighted by atomic mass is 10.4. The summed E-state index contributed by atoms with van der Waals surface area (Å²) in [7, 11) is -3.19. The quantitative estimate of drug-likeness (QED) is 0.706. The van der Waals surface area contributed by atoms with Gasteiger partial charge in [0.1, 0.15) is 0 Å². The van der Waals surface area contributed by atoms with Crippen LogP contribution in [0, 0.1) is 0 Å². The van der Waals surface area contributed by atoms with Gasteiger partial charge in [0.05, 0.1) is 10.6 Å². The van der Waals surface area contributed by atoms with Crippen LogP contribution in [-0.4, -0.2) is 33.2 Å². The van der Waals surface area contributed by atoms with Crippen molar-refractivity contribution < 1.29 is 13.2 Å². The van der Waals surface area contributed by atoms with E-state index < -0.39 is 10.0 Å². The Bertz CT molecular complexity index is 455. The van der Waals surface area contributed by atoms with Crippen LogP contribution in [-0.2, 0) is 10.0 Å². The van der Waals surface area contributed by atoms with Gasteiger partial charge in [-0.1, -0.05) is 19.4 Å². The molecule has 0 aliphatic heterocycles. The molecule has 7 heteroatoms. The highest BCUT2D eigenvalue weighted by Gasteiger charge is 2.09. The molecule has 0 aliphatic rings. The number of unbranched alkanes of at least 4 members (excludes halogenated alkanes) is 1. The molecule has 0 atom stereocenters. The maximum absolute atomic E-state index is 11.5. The molecule has 0 saturated heterocycles. The van der Waals surface area contributed by atoms with E-state index >= 15 is 0 Å². The van der Waals surface area contributed by atoms with Crippen LogP contribution in [0.4, 0.5) is 0 Å². The maximum atomic E-state index is 11.5. The fourth-order valence-electron chi connectivity index (χ4n) is 1.28. The van der Waals surface area contributed by atoms with Crippen LogP contribution in [0.5, 0.6) is 0 Å². The van der Waals surface area contributed by atoms with Gasteiger partial charge < -0.3 is 5.32 Å². The summed E-state index contributed by atoms with van der Waals surface area (Å²) in [5.74, 6) is -0.0275. The van der Waals surface area contributed by atoms with Crippen molar-refractivity contribution in [3.8, 4) is 0 Å². The SMILES string of the molecule is CCCCS(=O)(=O)NCCNC(=O)c1cccs1. The fraction of sp³-hybridized carbons (Fsp3) is 0.545.